The summed E-state index contributed by atoms with van der Waals surface area (Å²) in [5.41, 5.74) is 1.65. The maximum Gasteiger partial charge on any atom is 0.235 e. The zero-order valence-electron chi connectivity index (χ0n) is 20.2. The molecule has 0 aliphatic heterocycles. The molecule has 0 saturated heterocycles. The van der Waals surface area contributed by atoms with E-state index in [2.05, 4.69) is 72.9 Å². The predicted octanol–water partition coefficient (Wildman–Crippen LogP) is 7.95. The molecular weight excluding hydrogens is 390 g/mol. The Kier molecular flexibility index (Phi) is 10.3. The normalized spacial score (nSPS) is 14.9. The highest BCUT2D eigenvalue weighted by atomic mass is 16.2. The highest BCUT2D eigenvalue weighted by molar-refractivity contribution is 5.92. The van der Waals surface area contributed by atoms with Crippen LogP contribution >= 0.6 is 0 Å². The number of carbonyl (C=O) groups excluding carboxylic acids is 1. The lowest BCUT2D eigenvalue weighted by Gasteiger charge is -2.36. The Balaban J connectivity index is 1.78. The van der Waals surface area contributed by atoms with Crippen molar-refractivity contribution >= 4 is 5.91 Å². The summed E-state index contributed by atoms with van der Waals surface area (Å²) < 4.78 is 0. The molecule has 1 amide bonds. The van der Waals surface area contributed by atoms with Gasteiger partial charge in [0.05, 0.1) is 5.41 Å². The van der Waals surface area contributed by atoms with E-state index in [1.807, 2.05) is 0 Å². The molecule has 0 unspecified atom stereocenters. The SMILES string of the molecule is CCCCCCCCCCC(C(=O)NC1CCCCC1)(c1ccccc1)c1ccccc1. The first kappa shape index (κ1) is 24.6. The first-order valence-electron chi connectivity index (χ1n) is 13.2. The van der Waals surface area contributed by atoms with Crippen molar-refractivity contribution in [3.8, 4) is 0 Å². The fourth-order valence-electron chi connectivity index (χ4n) is 5.36. The minimum Gasteiger partial charge on any atom is -0.352 e. The van der Waals surface area contributed by atoms with Crippen LogP contribution in [-0.4, -0.2) is 11.9 Å². The summed E-state index contributed by atoms with van der Waals surface area (Å²) in [6.45, 7) is 2.27. The van der Waals surface area contributed by atoms with Crippen molar-refractivity contribution in [2.45, 2.75) is 108 Å². The van der Waals surface area contributed by atoms with E-state index in [-0.39, 0.29) is 5.91 Å². The van der Waals surface area contributed by atoms with Gasteiger partial charge in [0.15, 0.2) is 0 Å². The summed E-state index contributed by atoms with van der Waals surface area (Å²) >= 11 is 0. The zero-order valence-corrected chi connectivity index (χ0v) is 20.2. The van der Waals surface area contributed by atoms with Crippen molar-refractivity contribution in [2.75, 3.05) is 0 Å². The maximum atomic E-state index is 14.1. The third kappa shape index (κ3) is 6.70. The molecule has 32 heavy (non-hydrogen) atoms. The molecule has 0 bridgehead atoms. The number of nitrogens with one attached hydrogen (secondary N) is 1. The number of benzene rings is 2. The molecule has 1 N–H and O–H groups in total. The molecule has 1 aliphatic carbocycles. The van der Waals surface area contributed by atoms with Gasteiger partial charge in [-0.15, -0.1) is 0 Å². The number of hydrogen-bond acceptors (Lipinski definition) is 1. The lowest BCUT2D eigenvalue weighted by molar-refractivity contribution is -0.126. The molecule has 2 nitrogen and oxygen atoms in total. The van der Waals surface area contributed by atoms with E-state index < -0.39 is 5.41 Å². The average Bonchev–Trinajstić information content (AvgIpc) is 2.85. The van der Waals surface area contributed by atoms with Gasteiger partial charge in [0, 0.05) is 6.04 Å². The largest absolute Gasteiger partial charge is 0.352 e. The summed E-state index contributed by atoms with van der Waals surface area (Å²) in [4.78, 5) is 14.1. The fraction of sp³-hybridized carbons (Fsp3) is 0.567. The Morgan fingerprint density at radius 1 is 0.750 bits per heavy atom. The maximum absolute atomic E-state index is 14.1. The molecule has 3 rings (SSSR count). The van der Waals surface area contributed by atoms with Crippen LogP contribution in [0.3, 0.4) is 0 Å². The number of unbranched alkanes of at least 4 members (excludes halogenated alkanes) is 7. The van der Waals surface area contributed by atoms with Crippen LogP contribution < -0.4 is 5.32 Å². The van der Waals surface area contributed by atoms with Gasteiger partial charge in [-0.2, -0.15) is 0 Å². The van der Waals surface area contributed by atoms with Crippen molar-refractivity contribution < 1.29 is 4.79 Å². The van der Waals surface area contributed by atoms with Crippen LogP contribution in [0.25, 0.3) is 0 Å². The van der Waals surface area contributed by atoms with E-state index in [1.165, 1.54) is 64.2 Å². The molecule has 1 aliphatic rings. The second-order valence-electron chi connectivity index (χ2n) is 9.67. The summed E-state index contributed by atoms with van der Waals surface area (Å²) in [5, 5.41) is 3.49. The van der Waals surface area contributed by atoms with Crippen LogP contribution in [0.1, 0.15) is 108 Å². The van der Waals surface area contributed by atoms with Crippen molar-refractivity contribution in [2.24, 2.45) is 0 Å². The van der Waals surface area contributed by atoms with Gasteiger partial charge in [0.2, 0.25) is 5.91 Å². The summed E-state index contributed by atoms with van der Waals surface area (Å²) in [6, 6.07) is 21.3. The van der Waals surface area contributed by atoms with Crippen molar-refractivity contribution in [3.63, 3.8) is 0 Å². The Labute approximate surface area is 196 Å². The molecule has 2 aromatic rings. The van der Waals surface area contributed by atoms with Gasteiger partial charge in [0.1, 0.15) is 0 Å². The quantitative estimate of drug-likeness (QED) is 0.319. The van der Waals surface area contributed by atoms with Crippen LogP contribution in [0.5, 0.6) is 0 Å². The highest BCUT2D eigenvalue weighted by Crippen LogP contribution is 2.38. The summed E-state index contributed by atoms with van der Waals surface area (Å²) in [7, 11) is 0. The second kappa shape index (κ2) is 13.5. The van der Waals surface area contributed by atoms with Gasteiger partial charge in [-0.3, -0.25) is 4.79 Å². The van der Waals surface area contributed by atoms with Gasteiger partial charge in [-0.05, 0) is 30.4 Å². The van der Waals surface area contributed by atoms with Gasteiger partial charge in [-0.25, -0.2) is 0 Å². The van der Waals surface area contributed by atoms with Crippen LogP contribution in [0.2, 0.25) is 0 Å². The van der Waals surface area contributed by atoms with E-state index >= 15 is 0 Å². The number of amides is 1. The van der Waals surface area contributed by atoms with E-state index in [0.29, 0.717) is 6.04 Å². The van der Waals surface area contributed by atoms with Crippen molar-refractivity contribution in [1.82, 2.24) is 5.32 Å². The molecule has 0 radical (unpaired) electrons. The first-order valence-corrected chi connectivity index (χ1v) is 13.2. The lowest BCUT2D eigenvalue weighted by atomic mass is 9.70. The third-order valence-electron chi connectivity index (χ3n) is 7.27. The van der Waals surface area contributed by atoms with E-state index in [0.717, 1.165) is 36.8 Å². The Hall–Kier alpha value is -2.09. The van der Waals surface area contributed by atoms with Crippen LogP contribution in [0, 0.1) is 0 Å². The summed E-state index contributed by atoms with van der Waals surface area (Å²) in [6.07, 6.45) is 17.1. The minimum atomic E-state index is -0.609. The second-order valence-corrected chi connectivity index (χ2v) is 9.67. The van der Waals surface area contributed by atoms with Gasteiger partial charge >= 0.3 is 0 Å². The van der Waals surface area contributed by atoms with E-state index in [1.54, 1.807) is 0 Å². The monoisotopic (exact) mass is 433 g/mol. The van der Waals surface area contributed by atoms with E-state index in [4.69, 9.17) is 0 Å². The Morgan fingerprint density at radius 3 is 1.78 bits per heavy atom. The molecule has 1 fully saturated rings. The average molecular weight is 434 g/mol. The van der Waals surface area contributed by atoms with Crippen molar-refractivity contribution in [3.05, 3.63) is 71.8 Å². The summed E-state index contributed by atoms with van der Waals surface area (Å²) in [5.74, 6) is 0.199. The topological polar surface area (TPSA) is 29.1 Å². The molecular formula is C30H43NO. The fourth-order valence-corrected chi connectivity index (χ4v) is 5.36. The molecule has 2 aromatic carbocycles. The third-order valence-corrected chi connectivity index (χ3v) is 7.27. The van der Waals surface area contributed by atoms with Gasteiger partial charge in [0.25, 0.3) is 0 Å². The molecule has 0 spiro atoms. The minimum absolute atomic E-state index is 0.199. The van der Waals surface area contributed by atoms with Gasteiger partial charge < -0.3 is 5.32 Å². The predicted molar refractivity (Wildman–Crippen MR) is 136 cm³/mol. The smallest absolute Gasteiger partial charge is 0.235 e. The van der Waals surface area contributed by atoms with Crippen LogP contribution in [-0.2, 0) is 10.2 Å². The Bertz CT molecular complexity index is 724. The zero-order chi connectivity index (χ0) is 22.5. The number of hydrogen-bond donors (Lipinski definition) is 1. The molecule has 2 heteroatoms. The van der Waals surface area contributed by atoms with Crippen LogP contribution in [0.15, 0.2) is 60.7 Å². The van der Waals surface area contributed by atoms with Crippen molar-refractivity contribution in [1.29, 1.82) is 0 Å². The molecule has 0 atom stereocenters. The van der Waals surface area contributed by atoms with Crippen LogP contribution in [0.4, 0.5) is 0 Å². The first-order chi connectivity index (χ1) is 15.8. The molecule has 0 aromatic heterocycles. The number of carbonyl (C=O) groups is 1. The number of rotatable bonds is 13. The molecule has 174 valence electrons. The van der Waals surface area contributed by atoms with Gasteiger partial charge in [-0.1, -0.05) is 138 Å². The van der Waals surface area contributed by atoms with E-state index in [9.17, 15) is 4.79 Å². The lowest BCUT2D eigenvalue weighted by Crippen LogP contribution is -2.49. The molecule has 0 heterocycles. The standard InChI is InChI=1S/C30H43NO/c1-2-3-4-5-6-7-8-18-25-30(26-19-12-9-13-20-26,27-21-14-10-15-22-27)29(32)31-28-23-16-11-17-24-28/h9-10,12-15,19-22,28H,2-8,11,16-18,23-25H2,1H3,(H,31,32). The Morgan fingerprint density at radius 2 is 1.25 bits per heavy atom. The molecule has 1 saturated carbocycles. The highest BCUT2D eigenvalue weighted by Gasteiger charge is 2.42.